The topological polar surface area (TPSA) is 26.0 Å². The number of hydrogen-bond acceptors (Lipinski definition) is 1. The van der Waals surface area contributed by atoms with Gasteiger partial charge in [-0.3, -0.25) is 0 Å². The SMILES string of the molecule is Cc1cc(C(C)(C)C)ccc1CC(C)(C)CCN. The molecule has 0 bridgehead atoms. The van der Waals surface area contributed by atoms with Crippen LogP contribution < -0.4 is 5.73 Å². The molecular weight excluding hydrogens is 218 g/mol. The second-order valence-corrected chi connectivity index (χ2v) is 7.27. The smallest absolute Gasteiger partial charge is 0.00721 e. The van der Waals surface area contributed by atoms with Crippen LogP contribution in [0, 0.1) is 12.3 Å². The summed E-state index contributed by atoms with van der Waals surface area (Å²) in [4.78, 5) is 0. The molecule has 0 heterocycles. The van der Waals surface area contributed by atoms with Gasteiger partial charge in [-0.2, -0.15) is 0 Å². The van der Waals surface area contributed by atoms with Crippen LogP contribution in [0.3, 0.4) is 0 Å². The zero-order valence-corrected chi connectivity index (χ0v) is 12.9. The maximum absolute atomic E-state index is 5.69. The third-order valence-corrected chi connectivity index (χ3v) is 3.70. The fraction of sp³-hybridized carbons (Fsp3) is 0.647. The Balaban J connectivity index is 2.93. The van der Waals surface area contributed by atoms with E-state index in [9.17, 15) is 0 Å². The van der Waals surface area contributed by atoms with Gasteiger partial charge >= 0.3 is 0 Å². The van der Waals surface area contributed by atoms with Gasteiger partial charge in [-0.15, -0.1) is 0 Å². The van der Waals surface area contributed by atoms with Crippen LogP contribution in [-0.2, 0) is 11.8 Å². The molecule has 0 amide bonds. The molecule has 1 aromatic carbocycles. The van der Waals surface area contributed by atoms with Gasteiger partial charge < -0.3 is 5.73 Å². The van der Waals surface area contributed by atoms with Gasteiger partial charge in [0.2, 0.25) is 0 Å². The van der Waals surface area contributed by atoms with Crippen LogP contribution in [0.5, 0.6) is 0 Å². The summed E-state index contributed by atoms with van der Waals surface area (Å²) in [5.74, 6) is 0. The van der Waals surface area contributed by atoms with Crippen LogP contribution >= 0.6 is 0 Å². The molecule has 0 aromatic heterocycles. The Kier molecular flexibility index (Phi) is 4.61. The number of aryl methyl sites for hydroxylation is 1. The van der Waals surface area contributed by atoms with E-state index >= 15 is 0 Å². The van der Waals surface area contributed by atoms with Gasteiger partial charge in [0, 0.05) is 0 Å². The molecule has 2 N–H and O–H groups in total. The highest BCUT2D eigenvalue weighted by Crippen LogP contribution is 2.29. The quantitative estimate of drug-likeness (QED) is 0.847. The summed E-state index contributed by atoms with van der Waals surface area (Å²) in [5, 5.41) is 0. The molecule has 0 aliphatic carbocycles. The van der Waals surface area contributed by atoms with Gasteiger partial charge in [0.15, 0.2) is 0 Å². The first-order chi connectivity index (χ1) is 8.15. The Morgan fingerprint density at radius 3 is 2.11 bits per heavy atom. The first-order valence-corrected chi connectivity index (χ1v) is 6.96. The summed E-state index contributed by atoms with van der Waals surface area (Å²) in [7, 11) is 0. The van der Waals surface area contributed by atoms with Crippen molar-refractivity contribution in [2.24, 2.45) is 11.1 Å². The van der Waals surface area contributed by atoms with E-state index in [0.717, 1.165) is 19.4 Å². The minimum absolute atomic E-state index is 0.232. The van der Waals surface area contributed by atoms with Gasteiger partial charge in [-0.1, -0.05) is 52.8 Å². The van der Waals surface area contributed by atoms with Crippen molar-refractivity contribution in [2.75, 3.05) is 6.54 Å². The van der Waals surface area contributed by atoms with Crippen molar-refractivity contribution in [1.82, 2.24) is 0 Å². The first kappa shape index (κ1) is 15.2. The van der Waals surface area contributed by atoms with Crippen LogP contribution in [0.15, 0.2) is 18.2 Å². The maximum atomic E-state index is 5.69. The summed E-state index contributed by atoms with van der Waals surface area (Å²) in [6.07, 6.45) is 2.19. The van der Waals surface area contributed by atoms with E-state index in [-0.39, 0.29) is 5.41 Å². The Bertz CT molecular complexity index is 397. The highest BCUT2D eigenvalue weighted by Gasteiger charge is 2.20. The van der Waals surface area contributed by atoms with Gasteiger partial charge in [0.25, 0.3) is 0 Å². The fourth-order valence-corrected chi connectivity index (χ4v) is 2.36. The van der Waals surface area contributed by atoms with Crippen molar-refractivity contribution in [3.8, 4) is 0 Å². The Hall–Kier alpha value is -0.820. The lowest BCUT2D eigenvalue weighted by atomic mass is 9.79. The van der Waals surface area contributed by atoms with E-state index in [1.165, 1.54) is 16.7 Å². The molecule has 0 atom stereocenters. The summed E-state index contributed by atoms with van der Waals surface area (Å²) >= 11 is 0. The average molecular weight is 247 g/mol. The second kappa shape index (κ2) is 5.44. The molecule has 1 nitrogen and oxygen atoms in total. The molecule has 0 saturated carbocycles. The van der Waals surface area contributed by atoms with Crippen LogP contribution in [-0.4, -0.2) is 6.54 Å². The van der Waals surface area contributed by atoms with E-state index in [0.29, 0.717) is 5.41 Å². The molecule has 1 heteroatoms. The Morgan fingerprint density at radius 1 is 1.06 bits per heavy atom. The summed E-state index contributed by atoms with van der Waals surface area (Å²) < 4.78 is 0. The molecule has 0 aliphatic heterocycles. The van der Waals surface area contributed by atoms with Gasteiger partial charge in [-0.05, 0) is 53.8 Å². The third kappa shape index (κ3) is 4.13. The molecule has 0 spiro atoms. The van der Waals surface area contributed by atoms with E-state index in [4.69, 9.17) is 5.73 Å². The van der Waals surface area contributed by atoms with Crippen LogP contribution in [0.4, 0.5) is 0 Å². The minimum Gasteiger partial charge on any atom is -0.330 e. The van der Waals surface area contributed by atoms with Crippen molar-refractivity contribution in [3.63, 3.8) is 0 Å². The average Bonchev–Trinajstić information content (AvgIpc) is 2.19. The highest BCUT2D eigenvalue weighted by atomic mass is 14.5. The Morgan fingerprint density at radius 2 is 1.67 bits per heavy atom. The lowest BCUT2D eigenvalue weighted by molar-refractivity contribution is 0.338. The summed E-state index contributed by atoms with van der Waals surface area (Å²) in [6, 6.07) is 6.92. The second-order valence-electron chi connectivity index (χ2n) is 7.27. The zero-order chi connectivity index (χ0) is 14.0. The molecule has 102 valence electrons. The molecule has 1 rings (SSSR count). The van der Waals surface area contributed by atoms with E-state index in [1.807, 2.05) is 0 Å². The van der Waals surface area contributed by atoms with Crippen LogP contribution in [0.1, 0.15) is 57.7 Å². The molecule has 18 heavy (non-hydrogen) atoms. The molecular formula is C17H29N. The Labute approximate surface area is 113 Å². The highest BCUT2D eigenvalue weighted by molar-refractivity contribution is 5.35. The molecule has 1 aromatic rings. The zero-order valence-electron chi connectivity index (χ0n) is 12.9. The lowest BCUT2D eigenvalue weighted by Gasteiger charge is -2.26. The summed E-state index contributed by atoms with van der Waals surface area (Å²) in [6.45, 7) is 14.4. The largest absolute Gasteiger partial charge is 0.330 e. The van der Waals surface area contributed by atoms with Crippen molar-refractivity contribution in [1.29, 1.82) is 0 Å². The maximum Gasteiger partial charge on any atom is -0.00721 e. The fourth-order valence-electron chi connectivity index (χ4n) is 2.36. The van der Waals surface area contributed by atoms with Crippen molar-refractivity contribution < 1.29 is 0 Å². The number of hydrogen-bond donors (Lipinski definition) is 1. The molecule has 0 saturated heterocycles. The lowest BCUT2D eigenvalue weighted by Crippen LogP contribution is -2.20. The van der Waals surface area contributed by atoms with E-state index < -0.39 is 0 Å². The molecule has 0 fully saturated rings. The number of benzene rings is 1. The van der Waals surface area contributed by atoms with Crippen molar-refractivity contribution in [2.45, 2.75) is 59.8 Å². The third-order valence-electron chi connectivity index (χ3n) is 3.70. The molecule has 0 radical (unpaired) electrons. The van der Waals surface area contributed by atoms with Crippen molar-refractivity contribution >= 4 is 0 Å². The standard InChI is InChI=1S/C17H29N/c1-13-11-15(16(2,3)4)8-7-14(13)12-17(5,6)9-10-18/h7-8,11H,9-10,12,18H2,1-6H3. The monoisotopic (exact) mass is 247 g/mol. The number of rotatable bonds is 4. The molecule has 0 unspecified atom stereocenters. The normalized spacial score (nSPS) is 12.8. The van der Waals surface area contributed by atoms with Gasteiger partial charge in [-0.25, -0.2) is 0 Å². The first-order valence-electron chi connectivity index (χ1n) is 6.96. The minimum atomic E-state index is 0.232. The van der Waals surface area contributed by atoms with E-state index in [1.54, 1.807) is 0 Å². The van der Waals surface area contributed by atoms with E-state index in [2.05, 4.69) is 59.7 Å². The summed E-state index contributed by atoms with van der Waals surface area (Å²) in [5.41, 5.74) is 10.5. The van der Waals surface area contributed by atoms with Gasteiger partial charge in [0.05, 0.1) is 0 Å². The van der Waals surface area contributed by atoms with Gasteiger partial charge in [0.1, 0.15) is 0 Å². The molecule has 0 aliphatic rings. The predicted molar refractivity (Wildman–Crippen MR) is 81.0 cm³/mol. The number of nitrogens with two attached hydrogens (primary N) is 1. The predicted octanol–water partition coefficient (Wildman–Crippen LogP) is 4.21. The van der Waals surface area contributed by atoms with Crippen LogP contribution in [0.25, 0.3) is 0 Å². The van der Waals surface area contributed by atoms with Crippen molar-refractivity contribution in [3.05, 3.63) is 34.9 Å². The van der Waals surface area contributed by atoms with Crippen LogP contribution in [0.2, 0.25) is 0 Å².